The fourth-order valence-electron chi connectivity index (χ4n) is 1.15. The molecular formula is C11H13ClN4O2. The smallest absolute Gasteiger partial charge is 0.292 e. The summed E-state index contributed by atoms with van der Waals surface area (Å²) >= 11 is 5.85. The van der Waals surface area contributed by atoms with Gasteiger partial charge in [0.15, 0.2) is 0 Å². The molecule has 96 valence electrons. The van der Waals surface area contributed by atoms with E-state index in [4.69, 9.17) is 18.0 Å². The number of carbonyl (C=O) groups excluding carboxylic acids is 1. The largest absolute Gasteiger partial charge is 0.370 e. The highest BCUT2D eigenvalue weighted by Gasteiger charge is 2.11. The number of aromatic nitrogens is 2. The molecule has 0 atom stereocenters. The van der Waals surface area contributed by atoms with E-state index in [0.29, 0.717) is 0 Å². The zero-order chi connectivity index (χ0) is 13.7. The van der Waals surface area contributed by atoms with Crippen molar-refractivity contribution in [2.24, 2.45) is 0 Å². The van der Waals surface area contributed by atoms with Crippen molar-refractivity contribution in [2.45, 2.75) is 6.54 Å². The molecule has 0 unspecified atom stereocenters. The van der Waals surface area contributed by atoms with Gasteiger partial charge in [-0.15, -0.1) is 6.42 Å². The molecule has 0 aliphatic carbocycles. The van der Waals surface area contributed by atoms with Crippen LogP contribution < -0.4 is 10.9 Å². The van der Waals surface area contributed by atoms with Gasteiger partial charge in [-0.2, -0.15) is 5.10 Å². The number of nitrogens with one attached hydrogen (secondary N) is 1. The summed E-state index contributed by atoms with van der Waals surface area (Å²) in [6, 6.07) is 0. The Bertz CT molecular complexity index is 545. The Balaban J connectivity index is 2.95. The van der Waals surface area contributed by atoms with Crippen LogP contribution in [0, 0.1) is 12.3 Å². The van der Waals surface area contributed by atoms with Crippen molar-refractivity contribution >= 4 is 23.2 Å². The van der Waals surface area contributed by atoms with Crippen molar-refractivity contribution in [1.82, 2.24) is 14.7 Å². The first-order valence-electron chi connectivity index (χ1n) is 5.10. The molecule has 1 rings (SSSR count). The first-order chi connectivity index (χ1) is 8.47. The molecule has 0 radical (unpaired) electrons. The average molecular weight is 269 g/mol. The van der Waals surface area contributed by atoms with Gasteiger partial charge in [0, 0.05) is 14.1 Å². The van der Waals surface area contributed by atoms with Gasteiger partial charge < -0.3 is 10.2 Å². The van der Waals surface area contributed by atoms with E-state index in [1.54, 1.807) is 14.1 Å². The van der Waals surface area contributed by atoms with E-state index in [9.17, 15) is 9.59 Å². The summed E-state index contributed by atoms with van der Waals surface area (Å²) in [6.07, 6.45) is 6.42. The maximum absolute atomic E-state index is 11.9. The van der Waals surface area contributed by atoms with Crippen LogP contribution in [-0.2, 0) is 11.3 Å². The number of rotatable bonds is 4. The number of terminal acetylenes is 1. The van der Waals surface area contributed by atoms with E-state index < -0.39 is 5.56 Å². The second-order valence-corrected chi connectivity index (χ2v) is 4.08. The number of nitrogens with zero attached hydrogens (tertiary/aromatic N) is 3. The molecule has 1 heterocycles. The summed E-state index contributed by atoms with van der Waals surface area (Å²) in [7, 11) is 3.24. The standard InChI is InChI=1S/C11H13ClN4O2/c1-4-5-16-11(18)10(8(12)6-14-16)13-7-9(17)15(2)3/h1,6,13H,5,7H2,2-3H3. The summed E-state index contributed by atoms with van der Waals surface area (Å²) in [5.41, 5.74) is -0.330. The second kappa shape index (κ2) is 6.07. The lowest BCUT2D eigenvalue weighted by Gasteiger charge is -2.12. The monoisotopic (exact) mass is 268 g/mol. The highest BCUT2D eigenvalue weighted by Crippen LogP contribution is 2.14. The van der Waals surface area contributed by atoms with Crippen LogP contribution in [0.25, 0.3) is 0 Å². The van der Waals surface area contributed by atoms with E-state index in [-0.39, 0.29) is 29.7 Å². The molecule has 0 spiro atoms. The molecule has 1 N–H and O–H groups in total. The number of likely N-dealkylation sites (N-methyl/N-ethyl adjacent to an activating group) is 1. The van der Waals surface area contributed by atoms with Gasteiger partial charge in [0.05, 0.1) is 17.8 Å². The zero-order valence-corrected chi connectivity index (χ0v) is 10.9. The zero-order valence-electron chi connectivity index (χ0n) is 10.1. The molecule has 0 bridgehead atoms. The summed E-state index contributed by atoms with van der Waals surface area (Å²) in [6.45, 7) is 0.0222. The molecule has 18 heavy (non-hydrogen) atoms. The Kier molecular flexibility index (Phi) is 4.75. The van der Waals surface area contributed by atoms with Crippen molar-refractivity contribution in [3.8, 4) is 12.3 Å². The van der Waals surface area contributed by atoms with Crippen LogP contribution in [0.15, 0.2) is 11.0 Å². The maximum Gasteiger partial charge on any atom is 0.292 e. The van der Waals surface area contributed by atoms with Crippen molar-refractivity contribution in [3.63, 3.8) is 0 Å². The van der Waals surface area contributed by atoms with Gasteiger partial charge in [0.1, 0.15) is 12.2 Å². The lowest BCUT2D eigenvalue weighted by atomic mass is 10.4. The molecular weight excluding hydrogens is 256 g/mol. The van der Waals surface area contributed by atoms with E-state index in [0.717, 1.165) is 4.68 Å². The van der Waals surface area contributed by atoms with Crippen LogP contribution in [0.2, 0.25) is 5.02 Å². The van der Waals surface area contributed by atoms with Crippen LogP contribution in [0.1, 0.15) is 0 Å². The van der Waals surface area contributed by atoms with E-state index >= 15 is 0 Å². The summed E-state index contributed by atoms with van der Waals surface area (Å²) in [5.74, 6) is 2.13. The molecule has 0 saturated heterocycles. The van der Waals surface area contributed by atoms with Gasteiger partial charge in [-0.3, -0.25) is 9.59 Å². The molecule has 7 heteroatoms. The number of anilines is 1. The Morgan fingerprint density at radius 2 is 2.33 bits per heavy atom. The van der Waals surface area contributed by atoms with Crippen LogP contribution in [0.5, 0.6) is 0 Å². The molecule has 6 nitrogen and oxygen atoms in total. The van der Waals surface area contributed by atoms with Crippen molar-refractivity contribution in [3.05, 3.63) is 21.6 Å². The second-order valence-electron chi connectivity index (χ2n) is 3.68. The van der Waals surface area contributed by atoms with Crippen LogP contribution in [-0.4, -0.2) is 41.2 Å². The Labute approximate surface area is 110 Å². The Hall–Kier alpha value is -2.00. The molecule has 0 saturated carbocycles. The molecule has 0 aromatic carbocycles. The number of hydrogen-bond acceptors (Lipinski definition) is 4. The van der Waals surface area contributed by atoms with Gasteiger partial charge >= 0.3 is 0 Å². The van der Waals surface area contributed by atoms with Crippen molar-refractivity contribution < 1.29 is 4.79 Å². The number of halogens is 1. The molecule has 0 aliphatic heterocycles. The fourth-order valence-corrected chi connectivity index (χ4v) is 1.34. The van der Waals surface area contributed by atoms with Crippen LogP contribution in [0.4, 0.5) is 5.69 Å². The number of carbonyl (C=O) groups is 1. The predicted octanol–water partition coefficient (Wildman–Crippen LogP) is 0.0300. The van der Waals surface area contributed by atoms with Crippen LogP contribution in [0.3, 0.4) is 0 Å². The fraction of sp³-hybridized carbons (Fsp3) is 0.364. The summed E-state index contributed by atoms with van der Waals surface area (Å²) in [5, 5.41) is 6.63. The van der Waals surface area contributed by atoms with Crippen LogP contribution >= 0.6 is 11.6 Å². The van der Waals surface area contributed by atoms with Gasteiger partial charge in [-0.1, -0.05) is 17.5 Å². The minimum absolute atomic E-state index is 0.0258. The SMILES string of the molecule is C#CCn1ncc(Cl)c(NCC(=O)N(C)C)c1=O. The third kappa shape index (κ3) is 3.25. The first kappa shape index (κ1) is 14.1. The first-order valence-corrected chi connectivity index (χ1v) is 5.48. The van der Waals surface area contributed by atoms with Gasteiger partial charge in [0.25, 0.3) is 5.56 Å². The average Bonchev–Trinajstić information content (AvgIpc) is 2.32. The topological polar surface area (TPSA) is 67.2 Å². The van der Waals surface area contributed by atoms with Gasteiger partial charge in [0.2, 0.25) is 5.91 Å². The van der Waals surface area contributed by atoms with E-state index in [1.165, 1.54) is 11.1 Å². The van der Waals surface area contributed by atoms with E-state index in [2.05, 4.69) is 16.3 Å². The quantitative estimate of drug-likeness (QED) is 0.783. The van der Waals surface area contributed by atoms with Crippen molar-refractivity contribution in [2.75, 3.05) is 26.0 Å². The lowest BCUT2D eigenvalue weighted by Crippen LogP contribution is -2.32. The number of hydrogen-bond donors (Lipinski definition) is 1. The molecule has 0 aliphatic rings. The minimum atomic E-state index is -0.452. The third-order valence-corrected chi connectivity index (χ3v) is 2.44. The molecule has 0 fully saturated rings. The highest BCUT2D eigenvalue weighted by molar-refractivity contribution is 6.33. The maximum atomic E-state index is 11.9. The normalized spacial score (nSPS) is 9.67. The third-order valence-electron chi connectivity index (χ3n) is 2.15. The molecule has 1 aromatic heterocycles. The summed E-state index contributed by atoms with van der Waals surface area (Å²) in [4.78, 5) is 24.7. The predicted molar refractivity (Wildman–Crippen MR) is 69.5 cm³/mol. The van der Waals surface area contributed by atoms with Gasteiger partial charge in [-0.05, 0) is 0 Å². The summed E-state index contributed by atoms with van der Waals surface area (Å²) < 4.78 is 1.09. The molecule has 1 aromatic rings. The van der Waals surface area contributed by atoms with Crippen molar-refractivity contribution in [1.29, 1.82) is 0 Å². The number of amides is 1. The molecule has 1 amide bonds. The highest BCUT2D eigenvalue weighted by atomic mass is 35.5. The minimum Gasteiger partial charge on any atom is -0.370 e. The lowest BCUT2D eigenvalue weighted by molar-refractivity contribution is -0.126. The van der Waals surface area contributed by atoms with Gasteiger partial charge in [-0.25, -0.2) is 4.68 Å². The Morgan fingerprint density at radius 3 is 2.89 bits per heavy atom. The Morgan fingerprint density at radius 1 is 1.67 bits per heavy atom. The van der Waals surface area contributed by atoms with E-state index in [1.807, 2.05) is 0 Å².